The smallest absolute Gasteiger partial charge is 0.296 e. The van der Waals surface area contributed by atoms with Crippen LogP contribution in [0.3, 0.4) is 0 Å². The summed E-state index contributed by atoms with van der Waals surface area (Å²) in [4.78, 5) is 17.0. The Labute approximate surface area is 83.3 Å². The Hall–Kier alpha value is -1.06. The van der Waals surface area contributed by atoms with Gasteiger partial charge >= 0.3 is 5.69 Å². The lowest BCUT2D eigenvalue weighted by atomic mass is 10.2. The second-order valence-electron chi connectivity index (χ2n) is 2.49. The third-order valence-corrected chi connectivity index (χ3v) is 2.26. The molecule has 0 radical (unpaired) electrons. The summed E-state index contributed by atoms with van der Waals surface area (Å²) in [6, 6.07) is 5.15. The fourth-order valence-electron chi connectivity index (χ4n) is 1.10. The Morgan fingerprint density at radius 2 is 2.08 bits per heavy atom. The number of aromatic nitrogens is 2. The van der Waals surface area contributed by atoms with Crippen LogP contribution in [-0.4, -0.2) is 9.97 Å². The Kier molecular flexibility index (Phi) is 1.98. The molecule has 1 N–H and O–H groups in total. The molecule has 66 valence electrons. The van der Waals surface area contributed by atoms with Gasteiger partial charge in [-0.15, -0.1) is 0 Å². The standard InChI is InChI=1S/C8H4Cl2N2O/c9-5-3-1-2-4-6(5)11-8(13)12-7(4)10/h1-3H,(H,11,12,13). The lowest BCUT2D eigenvalue weighted by molar-refractivity contribution is 1.12. The van der Waals surface area contributed by atoms with Crippen molar-refractivity contribution in [3.8, 4) is 0 Å². The van der Waals surface area contributed by atoms with Gasteiger partial charge in [0, 0.05) is 5.39 Å². The topological polar surface area (TPSA) is 45.8 Å². The summed E-state index contributed by atoms with van der Waals surface area (Å²) in [5, 5.41) is 1.33. The van der Waals surface area contributed by atoms with Gasteiger partial charge in [0.25, 0.3) is 0 Å². The second kappa shape index (κ2) is 3.01. The minimum atomic E-state index is -0.495. The van der Waals surface area contributed by atoms with Gasteiger partial charge in [-0.3, -0.25) is 4.98 Å². The maximum atomic E-state index is 10.9. The highest BCUT2D eigenvalue weighted by molar-refractivity contribution is 6.38. The third-order valence-electron chi connectivity index (χ3n) is 1.65. The van der Waals surface area contributed by atoms with E-state index in [4.69, 9.17) is 23.2 Å². The number of hydrogen-bond acceptors (Lipinski definition) is 2. The first-order valence-electron chi connectivity index (χ1n) is 3.52. The van der Waals surface area contributed by atoms with Gasteiger partial charge in [0.2, 0.25) is 0 Å². The molecular formula is C8H4Cl2N2O. The lowest BCUT2D eigenvalue weighted by Crippen LogP contribution is -2.09. The predicted octanol–water partition coefficient (Wildman–Crippen LogP) is 2.23. The molecule has 0 fully saturated rings. The molecule has 2 aromatic rings. The molecule has 0 saturated heterocycles. The van der Waals surface area contributed by atoms with E-state index in [1.54, 1.807) is 18.2 Å². The number of H-pyrrole nitrogens is 1. The minimum absolute atomic E-state index is 0.262. The molecule has 1 aromatic carbocycles. The fourth-order valence-corrected chi connectivity index (χ4v) is 1.55. The van der Waals surface area contributed by atoms with Gasteiger partial charge in [-0.25, -0.2) is 4.79 Å². The number of benzene rings is 1. The third kappa shape index (κ3) is 1.41. The number of aromatic amines is 1. The van der Waals surface area contributed by atoms with Crippen molar-refractivity contribution in [3.63, 3.8) is 0 Å². The molecule has 0 aliphatic carbocycles. The molecule has 0 amide bonds. The zero-order valence-corrected chi connectivity index (χ0v) is 7.86. The fraction of sp³-hybridized carbons (Fsp3) is 0. The summed E-state index contributed by atoms with van der Waals surface area (Å²) < 4.78 is 0. The summed E-state index contributed by atoms with van der Waals surface area (Å²) in [6.45, 7) is 0. The first-order chi connectivity index (χ1) is 6.18. The molecule has 0 aliphatic heterocycles. The molecule has 2 rings (SSSR count). The number of halogens is 2. The van der Waals surface area contributed by atoms with Crippen molar-refractivity contribution in [2.75, 3.05) is 0 Å². The molecular weight excluding hydrogens is 211 g/mol. The van der Waals surface area contributed by atoms with Crippen LogP contribution in [0.5, 0.6) is 0 Å². The number of rotatable bonds is 0. The van der Waals surface area contributed by atoms with Crippen LogP contribution in [-0.2, 0) is 0 Å². The normalized spacial score (nSPS) is 10.6. The molecule has 13 heavy (non-hydrogen) atoms. The number of hydrogen-bond donors (Lipinski definition) is 1. The number of para-hydroxylation sites is 1. The maximum absolute atomic E-state index is 10.9. The monoisotopic (exact) mass is 214 g/mol. The molecule has 0 bridgehead atoms. The van der Waals surface area contributed by atoms with E-state index in [-0.39, 0.29) is 5.15 Å². The van der Waals surface area contributed by atoms with Crippen LogP contribution in [0.25, 0.3) is 10.9 Å². The zero-order valence-electron chi connectivity index (χ0n) is 6.34. The van der Waals surface area contributed by atoms with Gasteiger partial charge in [-0.2, -0.15) is 4.98 Å². The van der Waals surface area contributed by atoms with Crippen LogP contribution in [0.15, 0.2) is 23.0 Å². The lowest BCUT2D eigenvalue weighted by Gasteiger charge is -1.99. The van der Waals surface area contributed by atoms with Crippen LogP contribution in [0.1, 0.15) is 0 Å². The molecule has 0 aliphatic rings. The molecule has 3 nitrogen and oxygen atoms in total. The highest BCUT2D eigenvalue weighted by Crippen LogP contribution is 2.23. The Balaban J connectivity index is 3.03. The highest BCUT2D eigenvalue weighted by atomic mass is 35.5. The van der Waals surface area contributed by atoms with E-state index >= 15 is 0 Å². The average molecular weight is 215 g/mol. The Bertz CT molecular complexity index is 521. The van der Waals surface area contributed by atoms with E-state index in [9.17, 15) is 4.79 Å². The van der Waals surface area contributed by atoms with Crippen LogP contribution in [0.2, 0.25) is 10.2 Å². The van der Waals surface area contributed by atoms with Crippen molar-refractivity contribution in [3.05, 3.63) is 38.9 Å². The molecule has 1 heterocycles. The SMILES string of the molecule is O=c1nc2c(Cl)cccc2c(Cl)[nH]1. The summed E-state index contributed by atoms with van der Waals surface area (Å²) >= 11 is 11.6. The van der Waals surface area contributed by atoms with Gasteiger partial charge in [-0.1, -0.05) is 29.3 Å². The van der Waals surface area contributed by atoms with Gasteiger partial charge in [-0.05, 0) is 12.1 Å². The number of fused-ring (bicyclic) bond motifs is 1. The summed E-state index contributed by atoms with van der Waals surface area (Å²) in [6.07, 6.45) is 0. The van der Waals surface area contributed by atoms with E-state index in [1.165, 1.54) is 0 Å². The molecule has 0 atom stereocenters. The molecule has 5 heteroatoms. The summed E-state index contributed by atoms with van der Waals surface area (Å²) in [5.41, 5.74) is -0.0662. The largest absolute Gasteiger partial charge is 0.346 e. The Morgan fingerprint density at radius 1 is 1.31 bits per heavy atom. The average Bonchev–Trinajstić information content (AvgIpc) is 2.07. The first-order valence-corrected chi connectivity index (χ1v) is 4.28. The van der Waals surface area contributed by atoms with Crippen molar-refractivity contribution in [1.29, 1.82) is 0 Å². The summed E-state index contributed by atoms with van der Waals surface area (Å²) in [7, 11) is 0. The van der Waals surface area contributed by atoms with Crippen LogP contribution in [0.4, 0.5) is 0 Å². The van der Waals surface area contributed by atoms with E-state index in [0.29, 0.717) is 15.9 Å². The maximum Gasteiger partial charge on any atom is 0.346 e. The Morgan fingerprint density at radius 3 is 2.85 bits per heavy atom. The second-order valence-corrected chi connectivity index (χ2v) is 3.28. The minimum Gasteiger partial charge on any atom is -0.296 e. The molecule has 0 unspecified atom stereocenters. The van der Waals surface area contributed by atoms with Crippen molar-refractivity contribution in [2.45, 2.75) is 0 Å². The van der Waals surface area contributed by atoms with Crippen molar-refractivity contribution in [1.82, 2.24) is 9.97 Å². The quantitative estimate of drug-likeness (QED) is 0.685. The highest BCUT2D eigenvalue weighted by Gasteiger charge is 2.04. The van der Waals surface area contributed by atoms with Gasteiger partial charge in [0.05, 0.1) is 10.5 Å². The molecule has 0 saturated carbocycles. The van der Waals surface area contributed by atoms with Gasteiger partial charge < -0.3 is 0 Å². The van der Waals surface area contributed by atoms with E-state index in [2.05, 4.69) is 9.97 Å². The zero-order chi connectivity index (χ0) is 9.42. The predicted molar refractivity (Wildman–Crippen MR) is 52.4 cm³/mol. The number of nitrogens with one attached hydrogen (secondary N) is 1. The van der Waals surface area contributed by atoms with Crippen LogP contribution >= 0.6 is 23.2 Å². The molecule has 1 aromatic heterocycles. The van der Waals surface area contributed by atoms with E-state index in [1.807, 2.05) is 0 Å². The van der Waals surface area contributed by atoms with Crippen molar-refractivity contribution >= 4 is 34.1 Å². The number of nitrogens with zero attached hydrogens (tertiary/aromatic N) is 1. The van der Waals surface area contributed by atoms with E-state index < -0.39 is 5.69 Å². The molecule has 0 spiro atoms. The van der Waals surface area contributed by atoms with Gasteiger partial charge in [0.1, 0.15) is 5.15 Å². The first kappa shape index (κ1) is 8.53. The van der Waals surface area contributed by atoms with Crippen molar-refractivity contribution in [2.24, 2.45) is 0 Å². The van der Waals surface area contributed by atoms with Crippen molar-refractivity contribution < 1.29 is 0 Å². The van der Waals surface area contributed by atoms with E-state index in [0.717, 1.165) is 0 Å². The van der Waals surface area contributed by atoms with Gasteiger partial charge in [0.15, 0.2) is 0 Å². The van der Waals surface area contributed by atoms with Crippen LogP contribution < -0.4 is 5.69 Å². The summed E-state index contributed by atoms with van der Waals surface area (Å²) in [5.74, 6) is 0. The van der Waals surface area contributed by atoms with Crippen LogP contribution in [0, 0.1) is 0 Å².